The molecule has 0 aliphatic heterocycles. The summed E-state index contributed by atoms with van der Waals surface area (Å²) in [4.78, 5) is 6.84. The lowest BCUT2D eigenvalue weighted by Crippen LogP contribution is -2.40. The van der Waals surface area contributed by atoms with Crippen LogP contribution >= 0.6 is 24.0 Å². The number of benzene rings is 1. The lowest BCUT2D eigenvalue weighted by atomic mass is 10.2. The predicted molar refractivity (Wildman–Crippen MR) is 121 cm³/mol. The second-order valence-corrected chi connectivity index (χ2v) is 6.28. The van der Waals surface area contributed by atoms with Gasteiger partial charge in [-0.25, -0.2) is 4.99 Å². The largest absolute Gasteiger partial charge is 0.467 e. The van der Waals surface area contributed by atoms with E-state index in [1.807, 2.05) is 25.2 Å². The Hall–Kier alpha value is -2.36. The number of rotatable bonds is 8. The molecule has 3 rings (SSSR count). The van der Waals surface area contributed by atoms with Gasteiger partial charge in [0.25, 0.3) is 0 Å². The number of aliphatic imine (C=N–C) groups is 1. The van der Waals surface area contributed by atoms with Crippen LogP contribution in [-0.2, 0) is 26.1 Å². The highest BCUT2D eigenvalue weighted by Gasteiger charge is 2.09. The summed E-state index contributed by atoms with van der Waals surface area (Å²) in [6, 6.07) is 14.2. The molecule has 0 radical (unpaired) electrons. The van der Waals surface area contributed by atoms with Gasteiger partial charge in [-0.2, -0.15) is 0 Å². The monoisotopic (exact) mass is 494 g/mol. The molecule has 1 N–H and O–H groups in total. The van der Waals surface area contributed by atoms with E-state index in [1.165, 1.54) is 5.56 Å². The third-order valence-corrected chi connectivity index (χ3v) is 4.24. The van der Waals surface area contributed by atoms with Crippen molar-refractivity contribution in [3.05, 3.63) is 72.2 Å². The molecule has 7 nitrogen and oxygen atoms in total. The van der Waals surface area contributed by atoms with Crippen LogP contribution in [0.25, 0.3) is 0 Å². The van der Waals surface area contributed by atoms with Crippen LogP contribution in [0.4, 0.5) is 0 Å². The number of furan rings is 1. The summed E-state index contributed by atoms with van der Waals surface area (Å²) in [7, 11) is 2.04. The van der Waals surface area contributed by atoms with Crippen molar-refractivity contribution in [1.82, 2.24) is 25.0 Å². The Bertz CT molecular complexity index is 832. The smallest absolute Gasteiger partial charge is 0.194 e. The number of guanidine groups is 1. The molecule has 0 aliphatic rings. The van der Waals surface area contributed by atoms with E-state index in [-0.39, 0.29) is 24.0 Å². The summed E-state index contributed by atoms with van der Waals surface area (Å²) in [5.41, 5.74) is 1.24. The van der Waals surface area contributed by atoms with Gasteiger partial charge < -0.3 is 19.2 Å². The standard InChI is InChI=1S/C20H26N6O.HI/c1-3-19-24-23-16-26(19)12-11-21-20(22-14-18-10-7-13-27-18)25(2)15-17-8-5-4-6-9-17;/h4-10,13,16H,3,11-12,14-15H2,1-2H3,(H,21,22);1H. The Morgan fingerprint density at radius 3 is 2.75 bits per heavy atom. The van der Waals surface area contributed by atoms with Crippen LogP contribution in [0.15, 0.2) is 64.5 Å². The van der Waals surface area contributed by atoms with Gasteiger partial charge in [0.05, 0.1) is 6.26 Å². The predicted octanol–water partition coefficient (Wildman–Crippen LogP) is 3.33. The minimum absolute atomic E-state index is 0. The van der Waals surface area contributed by atoms with Gasteiger partial charge >= 0.3 is 0 Å². The second-order valence-electron chi connectivity index (χ2n) is 6.28. The van der Waals surface area contributed by atoms with Gasteiger partial charge in [0.1, 0.15) is 24.5 Å². The molecule has 0 aliphatic carbocycles. The van der Waals surface area contributed by atoms with Crippen LogP contribution < -0.4 is 5.32 Å². The number of nitrogens with one attached hydrogen (secondary N) is 1. The quantitative estimate of drug-likeness (QED) is 0.296. The fraction of sp³-hybridized carbons (Fsp3) is 0.350. The lowest BCUT2D eigenvalue weighted by molar-refractivity contribution is 0.464. The zero-order valence-corrected chi connectivity index (χ0v) is 18.6. The number of aromatic nitrogens is 3. The van der Waals surface area contributed by atoms with Crippen LogP contribution in [0.2, 0.25) is 0 Å². The number of nitrogens with zero attached hydrogens (tertiary/aromatic N) is 5. The summed E-state index contributed by atoms with van der Waals surface area (Å²) in [6.07, 6.45) is 4.31. The van der Waals surface area contributed by atoms with Crippen LogP contribution in [0.1, 0.15) is 24.1 Å². The fourth-order valence-corrected chi connectivity index (χ4v) is 2.83. The van der Waals surface area contributed by atoms with Gasteiger partial charge in [-0.15, -0.1) is 34.2 Å². The van der Waals surface area contributed by atoms with Gasteiger partial charge in [-0.3, -0.25) is 0 Å². The first-order valence-corrected chi connectivity index (χ1v) is 9.18. The maximum atomic E-state index is 5.40. The van der Waals surface area contributed by atoms with E-state index >= 15 is 0 Å². The summed E-state index contributed by atoms with van der Waals surface area (Å²) in [5, 5.41) is 11.6. The molecule has 0 amide bonds. The van der Waals surface area contributed by atoms with Crippen molar-refractivity contribution in [1.29, 1.82) is 0 Å². The third kappa shape index (κ3) is 6.36. The number of aryl methyl sites for hydroxylation is 1. The number of halogens is 1. The van der Waals surface area contributed by atoms with Crippen molar-refractivity contribution in [2.75, 3.05) is 13.6 Å². The Labute approximate surface area is 182 Å². The summed E-state index contributed by atoms with van der Waals surface area (Å²) < 4.78 is 7.47. The topological polar surface area (TPSA) is 71.5 Å². The van der Waals surface area contributed by atoms with E-state index in [2.05, 4.69) is 56.2 Å². The summed E-state index contributed by atoms with van der Waals surface area (Å²) >= 11 is 0. The normalized spacial score (nSPS) is 11.1. The van der Waals surface area contributed by atoms with Gasteiger partial charge in [0, 0.05) is 33.1 Å². The van der Waals surface area contributed by atoms with Gasteiger partial charge in [-0.1, -0.05) is 37.3 Å². The number of hydrogen-bond acceptors (Lipinski definition) is 4. The fourth-order valence-electron chi connectivity index (χ4n) is 2.83. The molecule has 0 unspecified atom stereocenters. The Morgan fingerprint density at radius 1 is 1.21 bits per heavy atom. The van der Waals surface area contributed by atoms with Crippen LogP contribution in [0.3, 0.4) is 0 Å². The molecule has 0 spiro atoms. The van der Waals surface area contributed by atoms with Crippen molar-refractivity contribution in [2.45, 2.75) is 33.0 Å². The minimum atomic E-state index is 0. The minimum Gasteiger partial charge on any atom is -0.467 e. The highest BCUT2D eigenvalue weighted by molar-refractivity contribution is 14.0. The summed E-state index contributed by atoms with van der Waals surface area (Å²) in [5.74, 6) is 2.67. The van der Waals surface area contributed by atoms with Gasteiger partial charge in [0.15, 0.2) is 5.96 Å². The molecule has 0 saturated heterocycles. The van der Waals surface area contributed by atoms with Crippen molar-refractivity contribution < 1.29 is 4.42 Å². The first-order valence-electron chi connectivity index (χ1n) is 9.18. The maximum absolute atomic E-state index is 5.40. The van der Waals surface area contributed by atoms with Crippen molar-refractivity contribution in [3.8, 4) is 0 Å². The van der Waals surface area contributed by atoms with Crippen LogP contribution in [0.5, 0.6) is 0 Å². The van der Waals surface area contributed by atoms with Crippen LogP contribution in [0, 0.1) is 0 Å². The molecular weight excluding hydrogens is 467 g/mol. The van der Waals surface area contributed by atoms with E-state index in [0.29, 0.717) is 6.54 Å². The zero-order valence-electron chi connectivity index (χ0n) is 16.3. The third-order valence-electron chi connectivity index (χ3n) is 4.24. The van der Waals surface area contributed by atoms with Crippen molar-refractivity contribution in [3.63, 3.8) is 0 Å². The molecule has 2 heterocycles. The molecule has 2 aromatic heterocycles. The van der Waals surface area contributed by atoms with Gasteiger partial charge in [0.2, 0.25) is 0 Å². The molecular formula is C20H27IN6O. The molecule has 150 valence electrons. The van der Waals surface area contributed by atoms with Crippen molar-refractivity contribution in [2.24, 2.45) is 4.99 Å². The SMILES string of the molecule is CCc1nncn1CCNC(=NCc1ccco1)N(C)Cc1ccccc1.I. The highest BCUT2D eigenvalue weighted by atomic mass is 127. The molecule has 0 saturated carbocycles. The molecule has 1 aromatic carbocycles. The Kier molecular flexibility index (Phi) is 8.99. The van der Waals surface area contributed by atoms with Crippen LogP contribution in [-0.4, -0.2) is 39.2 Å². The van der Waals surface area contributed by atoms with E-state index in [9.17, 15) is 0 Å². The average Bonchev–Trinajstić information content (AvgIpc) is 3.36. The molecule has 0 atom stereocenters. The maximum Gasteiger partial charge on any atom is 0.194 e. The molecule has 0 bridgehead atoms. The van der Waals surface area contributed by atoms with E-state index in [4.69, 9.17) is 9.41 Å². The lowest BCUT2D eigenvalue weighted by Gasteiger charge is -2.23. The Balaban J connectivity index is 0.00000280. The molecule has 28 heavy (non-hydrogen) atoms. The first-order chi connectivity index (χ1) is 13.3. The van der Waals surface area contributed by atoms with Gasteiger partial charge in [-0.05, 0) is 17.7 Å². The van der Waals surface area contributed by atoms with E-state index in [0.717, 1.165) is 43.6 Å². The Morgan fingerprint density at radius 2 is 2.04 bits per heavy atom. The zero-order chi connectivity index (χ0) is 18.9. The summed E-state index contributed by atoms with van der Waals surface area (Å²) in [6.45, 7) is 4.88. The first kappa shape index (κ1) is 21.9. The van der Waals surface area contributed by atoms with Crippen molar-refractivity contribution >= 4 is 29.9 Å². The van der Waals surface area contributed by atoms with E-state index < -0.39 is 0 Å². The average molecular weight is 494 g/mol. The highest BCUT2D eigenvalue weighted by Crippen LogP contribution is 2.06. The molecule has 8 heteroatoms. The second kappa shape index (κ2) is 11.5. The molecule has 0 fully saturated rings. The number of hydrogen-bond donors (Lipinski definition) is 1. The molecule has 3 aromatic rings. The van der Waals surface area contributed by atoms with E-state index in [1.54, 1.807) is 12.6 Å².